The van der Waals surface area contributed by atoms with Crippen LogP contribution in [0.3, 0.4) is 0 Å². The summed E-state index contributed by atoms with van der Waals surface area (Å²) in [6.45, 7) is 0.401. The van der Waals surface area contributed by atoms with Gasteiger partial charge in [0.2, 0.25) is 0 Å². The molecular formula is C27H23BrClN3O5. The fourth-order valence-corrected chi connectivity index (χ4v) is 4.25. The third-order valence-electron chi connectivity index (χ3n) is 5.65. The van der Waals surface area contributed by atoms with Crippen LogP contribution in [0.15, 0.2) is 81.9 Å². The third kappa shape index (κ3) is 5.79. The summed E-state index contributed by atoms with van der Waals surface area (Å²) in [7, 11) is 3.14. The van der Waals surface area contributed by atoms with E-state index in [1.807, 2.05) is 18.2 Å². The van der Waals surface area contributed by atoms with E-state index in [1.54, 1.807) is 62.8 Å². The molecule has 1 heterocycles. The molecule has 37 heavy (non-hydrogen) atoms. The predicted molar refractivity (Wildman–Crippen MR) is 145 cm³/mol. The summed E-state index contributed by atoms with van der Waals surface area (Å²) in [5.41, 5.74) is 2.15. The monoisotopic (exact) mass is 583 g/mol. The number of halogens is 2. The van der Waals surface area contributed by atoms with Crippen LogP contribution in [0, 0.1) is 0 Å². The van der Waals surface area contributed by atoms with Crippen LogP contribution in [0.2, 0.25) is 0 Å². The molecule has 4 rings (SSSR count). The first kappa shape index (κ1) is 26.2. The van der Waals surface area contributed by atoms with Gasteiger partial charge >= 0.3 is 0 Å². The molecule has 0 radical (unpaired) electrons. The zero-order valence-electron chi connectivity index (χ0n) is 20.0. The molecule has 3 aromatic carbocycles. The first-order valence-electron chi connectivity index (χ1n) is 11.2. The van der Waals surface area contributed by atoms with E-state index in [0.717, 1.165) is 14.9 Å². The fraction of sp³-hybridized carbons (Fsp3) is 0.148. The minimum absolute atomic E-state index is 0.0550. The Balaban J connectivity index is 1.40. The number of nitrogens with zero attached hydrogens (tertiary/aromatic N) is 1. The van der Waals surface area contributed by atoms with Crippen LogP contribution in [0.1, 0.15) is 15.9 Å². The third-order valence-corrected chi connectivity index (χ3v) is 6.53. The summed E-state index contributed by atoms with van der Waals surface area (Å²) >= 11 is 9.55. The number of imide groups is 1. The second kappa shape index (κ2) is 11.5. The van der Waals surface area contributed by atoms with Crippen LogP contribution in [0.25, 0.3) is 0 Å². The van der Waals surface area contributed by atoms with Crippen molar-refractivity contribution in [3.63, 3.8) is 0 Å². The van der Waals surface area contributed by atoms with Gasteiger partial charge in [-0.2, -0.15) is 0 Å². The number of rotatable bonds is 9. The largest absolute Gasteiger partial charge is 0.493 e. The molecule has 1 aliphatic heterocycles. The first-order chi connectivity index (χ1) is 17.8. The van der Waals surface area contributed by atoms with Crippen molar-refractivity contribution in [1.29, 1.82) is 0 Å². The molecule has 190 valence electrons. The number of nitrogens with one attached hydrogen (secondary N) is 2. The van der Waals surface area contributed by atoms with Crippen molar-refractivity contribution in [3.05, 3.63) is 93.1 Å². The van der Waals surface area contributed by atoms with Crippen molar-refractivity contribution in [3.8, 4) is 11.5 Å². The Bertz CT molecular complexity index is 1390. The maximum Gasteiger partial charge on any atom is 0.283 e. The maximum absolute atomic E-state index is 13.0. The number of ether oxygens (including phenoxy) is 2. The van der Waals surface area contributed by atoms with Crippen LogP contribution < -0.4 is 25.0 Å². The number of hydrogen-bond donors (Lipinski definition) is 2. The van der Waals surface area contributed by atoms with Gasteiger partial charge in [-0.1, -0.05) is 39.7 Å². The molecule has 0 fully saturated rings. The minimum Gasteiger partial charge on any atom is -0.493 e. The Morgan fingerprint density at radius 2 is 1.68 bits per heavy atom. The summed E-state index contributed by atoms with van der Waals surface area (Å²) in [4.78, 5) is 39.4. The zero-order chi connectivity index (χ0) is 26.5. The zero-order valence-corrected chi connectivity index (χ0v) is 22.4. The second-order valence-electron chi connectivity index (χ2n) is 8.01. The van der Waals surface area contributed by atoms with Crippen LogP contribution in [-0.2, 0) is 16.0 Å². The number of methoxy groups -OCH3 is 2. The highest BCUT2D eigenvalue weighted by molar-refractivity contribution is 9.10. The number of carbonyl (C=O) groups excluding carboxylic acids is 3. The molecule has 0 bridgehead atoms. The normalized spacial score (nSPS) is 13.1. The summed E-state index contributed by atoms with van der Waals surface area (Å²) in [6.07, 6.45) is 0.592. The van der Waals surface area contributed by atoms with Gasteiger partial charge in [0.25, 0.3) is 17.7 Å². The fourth-order valence-electron chi connectivity index (χ4n) is 3.78. The first-order valence-corrected chi connectivity index (χ1v) is 12.4. The van der Waals surface area contributed by atoms with Gasteiger partial charge in [-0.15, -0.1) is 0 Å². The van der Waals surface area contributed by atoms with Crippen molar-refractivity contribution in [2.24, 2.45) is 0 Å². The predicted octanol–water partition coefficient (Wildman–Crippen LogP) is 4.87. The highest BCUT2D eigenvalue weighted by Crippen LogP contribution is 2.31. The highest BCUT2D eigenvalue weighted by atomic mass is 79.9. The number of carbonyl (C=O) groups is 3. The van der Waals surface area contributed by atoms with E-state index < -0.39 is 11.8 Å². The number of anilines is 2. The van der Waals surface area contributed by atoms with Crippen molar-refractivity contribution in [2.45, 2.75) is 6.42 Å². The Morgan fingerprint density at radius 1 is 0.946 bits per heavy atom. The number of benzene rings is 3. The molecule has 3 aromatic rings. The summed E-state index contributed by atoms with van der Waals surface area (Å²) in [5.74, 6) is -0.230. The van der Waals surface area contributed by atoms with Crippen molar-refractivity contribution in [1.82, 2.24) is 5.32 Å². The summed E-state index contributed by atoms with van der Waals surface area (Å²) in [5, 5.41) is 5.56. The van der Waals surface area contributed by atoms with Crippen LogP contribution >= 0.6 is 27.5 Å². The van der Waals surface area contributed by atoms with Gasteiger partial charge in [0.15, 0.2) is 11.5 Å². The molecule has 3 amide bonds. The van der Waals surface area contributed by atoms with Gasteiger partial charge < -0.3 is 20.1 Å². The lowest BCUT2D eigenvalue weighted by Crippen LogP contribution is -2.32. The average molecular weight is 585 g/mol. The van der Waals surface area contributed by atoms with Gasteiger partial charge in [-0.3, -0.25) is 14.4 Å². The van der Waals surface area contributed by atoms with E-state index >= 15 is 0 Å². The van der Waals surface area contributed by atoms with Crippen molar-refractivity contribution >= 4 is 56.6 Å². The van der Waals surface area contributed by atoms with E-state index in [4.69, 9.17) is 21.1 Å². The Labute approximate surface area is 227 Å². The molecule has 10 heteroatoms. The van der Waals surface area contributed by atoms with Gasteiger partial charge in [0.05, 0.1) is 19.9 Å². The molecule has 1 aliphatic rings. The molecule has 0 spiro atoms. The van der Waals surface area contributed by atoms with Crippen LogP contribution in [0.5, 0.6) is 11.5 Å². The molecule has 0 atom stereocenters. The molecule has 0 saturated heterocycles. The van der Waals surface area contributed by atoms with E-state index in [-0.39, 0.29) is 16.6 Å². The Kier molecular flexibility index (Phi) is 8.15. The number of hydrogen-bond acceptors (Lipinski definition) is 6. The second-order valence-corrected chi connectivity index (χ2v) is 9.31. The number of amides is 3. The van der Waals surface area contributed by atoms with E-state index in [9.17, 15) is 14.4 Å². The van der Waals surface area contributed by atoms with Gasteiger partial charge in [0.1, 0.15) is 10.7 Å². The average Bonchev–Trinajstić information content (AvgIpc) is 3.12. The standard InChI is InChI=1S/C27H23BrClN3O5/c1-36-21-11-6-16(14-22(21)37-2)12-13-30-25(33)17-4-3-5-19(15-17)31-24-23(29)26(34)32(27(24)35)20-9-7-18(28)8-10-20/h3-11,14-15,31H,12-13H2,1-2H3,(H,30,33). The Morgan fingerprint density at radius 3 is 2.38 bits per heavy atom. The van der Waals surface area contributed by atoms with Crippen LogP contribution in [-0.4, -0.2) is 38.5 Å². The summed E-state index contributed by atoms with van der Waals surface area (Å²) < 4.78 is 11.4. The summed E-state index contributed by atoms with van der Waals surface area (Å²) in [6, 6.07) is 18.9. The minimum atomic E-state index is -0.624. The van der Waals surface area contributed by atoms with Gasteiger partial charge in [0, 0.05) is 22.3 Å². The molecule has 2 N–H and O–H groups in total. The topological polar surface area (TPSA) is 97.0 Å². The van der Waals surface area contributed by atoms with Crippen molar-refractivity contribution in [2.75, 3.05) is 31.0 Å². The highest BCUT2D eigenvalue weighted by Gasteiger charge is 2.39. The Hall–Kier alpha value is -3.82. The molecule has 8 nitrogen and oxygen atoms in total. The van der Waals surface area contributed by atoms with Gasteiger partial charge in [-0.05, 0) is 66.6 Å². The van der Waals surface area contributed by atoms with E-state index in [2.05, 4.69) is 26.6 Å². The van der Waals surface area contributed by atoms with E-state index in [0.29, 0.717) is 41.4 Å². The molecule has 0 unspecified atom stereocenters. The molecular weight excluding hydrogens is 562 g/mol. The SMILES string of the molecule is COc1ccc(CCNC(=O)c2cccc(NC3=C(Cl)C(=O)N(c4ccc(Br)cc4)C3=O)c2)cc1OC. The lowest BCUT2D eigenvalue weighted by atomic mass is 10.1. The lowest BCUT2D eigenvalue weighted by Gasteiger charge is -2.15. The molecule has 0 saturated carbocycles. The quantitative estimate of drug-likeness (QED) is 0.348. The van der Waals surface area contributed by atoms with Gasteiger partial charge in [-0.25, -0.2) is 4.90 Å². The maximum atomic E-state index is 13.0. The lowest BCUT2D eigenvalue weighted by molar-refractivity contribution is -0.120. The van der Waals surface area contributed by atoms with Crippen molar-refractivity contribution < 1.29 is 23.9 Å². The smallest absolute Gasteiger partial charge is 0.283 e. The molecule has 0 aromatic heterocycles. The van der Waals surface area contributed by atoms with E-state index in [1.165, 1.54) is 0 Å². The van der Waals surface area contributed by atoms with Crippen LogP contribution in [0.4, 0.5) is 11.4 Å². The molecule has 0 aliphatic carbocycles.